The Balaban J connectivity index is 2.25. The van der Waals surface area contributed by atoms with E-state index in [9.17, 15) is 4.79 Å². The maximum absolute atomic E-state index is 11.6. The molecule has 0 N–H and O–H groups in total. The van der Waals surface area contributed by atoms with E-state index < -0.39 is 5.72 Å². The number of rotatable bonds is 0. The van der Waals surface area contributed by atoms with Crippen molar-refractivity contribution < 1.29 is 9.53 Å². The molecule has 1 saturated heterocycles. The molecule has 78 valence electrons. The third kappa shape index (κ3) is 0.789. The summed E-state index contributed by atoms with van der Waals surface area (Å²) >= 11 is 0. The zero-order valence-corrected chi connectivity index (χ0v) is 9.07. The fourth-order valence-electron chi connectivity index (χ4n) is 2.71. The third-order valence-electron chi connectivity index (χ3n) is 3.65. The van der Waals surface area contributed by atoms with Gasteiger partial charge in [0, 0.05) is 12.5 Å². The first kappa shape index (κ1) is 8.92. The van der Waals surface area contributed by atoms with Crippen LogP contribution in [0.15, 0.2) is 24.3 Å². The van der Waals surface area contributed by atoms with E-state index in [-0.39, 0.29) is 11.5 Å². The number of para-hydroxylation sites is 1. The summed E-state index contributed by atoms with van der Waals surface area (Å²) in [6, 6.07) is 7.94. The number of epoxide rings is 1. The van der Waals surface area contributed by atoms with Crippen LogP contribution in [-0.4, -0.2) is 11.6 Å². The summed E-state index contributed by atoms with van der Waals surface area (Å²) in [5, 5.41) is 0. The van der Waals surface area contributed by atoms with Gasteiger partial charge in [-0.1, -0.05) is 18.2 Å². The van der Waals surface area contributed by atoms with Crippen LogP contribution in [0.4, 0.5) is 5.69 Å². The average molecular weight is 203 g/mol. The van der Waals surface area contributed by atoms with Crippen molar-refractivity contribution in [3.63, 3.8) is 0 Å². The number of hydrogen-bond donors (Lipinski definition) is 0. The highest BCUT2D eigenvalue weighted by Gasteiger charge is 2.74. The van der Waals surface area contributed by atoms with Crippen molar-refractivity contribution in [3.05, 3.63) is 29.8 Å². The summed E-state index contributed by atoms with van der Waals surface area (Å²) in [4.78, 5) is 13.4. The Morgan fingerprint density at radius 2 is 2.00 bits per heavy atom. The van der Waals surface area contributed by atoms with Gasteiger partial charge in [0.05, 0.1) is 5.69 Å². The number of amides is 1. The normalized spacial score (nSPS) is 36.1. The van der Waals surface area contributed by atoms with Crippen molar-refractivity contribution in [1.82, 2.24) is 0 Å². The van der Waals surface area contributed by atoms with E-state index >= 15 is 0 Å². The molecular formula is C12H13NO2. The molecule has 3 heteroatoms. The van der Waals surface area contributed by atoms with Gasteiger partial charge in [0.15, 0.2) is 5.72 Å². The summed E-state index contributed by atoms with van der Waals surface area (Å²) < 4.78 is 5.73. The van der Waals surface area contributed by atoms with Gasteiger partial charge in [-0.3, -0.25) is 9.69 Å². The van der Waals surface area contributed by atoms with Crippen molar-refractivity contribution >= 4 is 11.6 Å². The number of nitrogens with zero attached hydrogens (tertiary/aromatic N) is 1. The van der Waals surface area contributed by atoms with Crippen LogP contribution in [0, 0.1) is 0 Å². The summed E-state index contributed by atoms with van der Waals surface area (Å²) in [5.74, 6) is 0.0335. The molecule has 0 spiro atoms. The van der Waals surface area contributed by atoms with E-state index in [1.807, 2.05) is 38.1 Å². The monoisotopic (exact) mass is 203 g/mol. The highest BCUT2D eigenvalue weighted by Crippen LogP contribution is 2.65. The maximum Gasteiger partial charge on any atom is 0.226 e. The molecular weight excluding hydrogens is 190 g/mol. The van der Waals surface area contributed by atoms with Crippen molar-refractivity contribution in [3.8, 4) is 0 Å². The molecule has 2 aliphatic heterocycles. The zero-order chi connectivity index (χ0) is 10.8. The molecule has 1 amide bonds. The molecule has 2 heterocycles. The number of carbonyl (C=O) groups excluding carboxylic acids is 1. The number of fused-ring (bicyclic) bond motifs is 3. The van der Waals surface area contributed by atoms with Gasteiger partial charge in [-0.2, -0.15) is 0 Å². The molecule has 1 aromatic carbocycles. The van der Waals surface area contributed by atoms with E-state index in [2.05, 4.69) is 0 Å². The summed E-state index contributed by atoms with van der Waals surface area (Å²) in [6.45, 7) is 5.58. The highest BCUT2D eigenvalue weighted by molar-refractivity contribution is 5.97. The molecule has 0 aliphatic carbocycles. The van der Waals surface area contributed by atoms with E-state index in [1.54, 1.807) is 11.8 Å². The Morgan fingerprint density at radius 3 is 2.67 bits per heavy atom. The first-order valence-corrected chi connectivity index (χ1v) is 5.11. The van der Waals surface area contributed by atoms with E-state index in [0.29, 0.717) is 0 Å². The molecule has 1 fully saturated rings. The first-order valence-electron chi connectivity index (χ1n) is 5.11. The van der Waals surface area contributed by atoms with Gasteiger partial charge in [0.1, 0.15) is 5.60 Å². The number of carbonyl (C=O) groups is 1. The van der Waals surface area contributed by atoms with Gasteiger partial charge in [0.2, 0.25) is 5.91 Å². The fourth-order valence-corrected chi connectivity index (χ4v) is 2.71. The minimum Gasteiger partial charge on any atom is -0.336 e. The number of ether oxygens (including phenoxy) is 1. The lowest BCUT2D eigenvalue weighted by molar-refractivity contribution is -0.117. The van der Waals surface area contributed by atoms with E-state index in [4.69, 9.17) is 4.74 Å². The first-order chi connectivity index (χ1) is 7.01. The van der Waals surface area contributed by atoms with Gasteiger partial charge < -0.3 is 4.74 Å². The molecule has 2 aliphatic rings. The Morgan fingerprint density at radius 1 is 1.33 bits per heavy atom. The number of hydrogen-bond acceptors (Lipinski definition) is 2. The van der Waals surface area contributed by atoms with Crippen LogP contribution in [0.25, 0.3) is 0 Å². The molecule has 2 unspecified atom stereocenters. The molecule has 0 saturated carbocycles. The topological polar surface area (TPSA) is 32.8 Å². The van der Waals surface area contributed by atoms with Crippen LogP contribution in [0.3, 0.4) is 0 Å². The summed E-state index contributed by atoms with van der Waals surface area (Å²) in [5.41, 5.74) is 1.32. The Hall–Kier alpha value is -1.35. The Labute approximate surface area is 88.6 Å². The lowest BCUT2D eigenvalue weighted by atomic mass is 9.98. The van der Waals surface area contributed by atoms with Crippen LogP contribution >= 0.6 is 0 Å². The zero-order valence-electron chi connectivity index (χ0n) is 9.07. The second kappa shape index (κ2) is 2.25. The lowest BCUT2D eigenvalue weighted by Gasteiger charge is -2.22. The van der Waals surface area contributed by atoms with Gasteiger partial charge in [0.25, 0.3) is 0 Å². The minimum absolute atomic E-state index is 0.0335. The smallest absolute Gasteiger partial charge is 0.226 e. The fraction of sp³-hybridized carbons (Fsp3) is 0.417. The largest absolute Gasteiger partial charge is 0.336 e. The van der Waals surface area contributed by atoms with Crippen LogP contribution < -0.4 is 4.90 Å². The quantitative estimate of drug-likeness (QED) is 0.604. The number of anilines is 1. The van der Waals surface area contributed by atoms with Gasteiger partial charge in [-0.15, -0.1) is 0 Å². The third-order valence-corrected chi connectivity index (χ3v) is 3.65. The highest BCUT2D eigenvalue weighted by atomic mass is 16.7. The van der Waals surface area contributed by atoms with Crippen LogP contribution in [0.1, 0.15) is 26.3 Å². The molecule has 3 nitrogen and oxygen atoms in total. The molecule has 0 bridgehead atoms. The van der Waals surface area contributed by atoms with E-state index in [1.165, 1.54) is 0 Å². The second-order valence-electron chi connectivity index (χ2n) is 4.49. The Kier molecular flexibility index (Phi) is 1.34. The molecule has 15 heavy (non-hydrogen) atoms. The van der Waals surface area contributed by atoms with Crippen molar-refractivity contribution in [1.29, 1.82) is 0 Å². The number of benzene rings is 1. The maximum atomic E-state index is 11.6. The molecule has 2 atom stereocenters. The summed E-state index contributed by atoms with van der Waals surface area (Å²) in [7, 11) is 0. The van der Waals surface area contributed by atoms with Gasteiger partial charge >= 0.3 is 0 Å². The molecule has 0 aromatic heterocycles. The van der Waals surface area contributed by atoms with Crippen molar-refractivity contribution in [2.45, 2.75) is 32.1 Å². The van der Waals surface area contributed by atoms with Crippen molar-refractivity contribution in [2.75, 3.05) is 4.90 Å². The van der Waals surface area contributed by atoms with Crippen LogP contribution in [0.5, 0.6) is 0 Å². The van der Waals surface area contributed by atoms with Crippen molar-refractivity contribution in [2.24, 2.45) is 0 Å². The SMILES string of the molecule is CC(=O)N1c2ccccc2C2(C)OC12C. The predicted octanol–water partition coefficient (Wildman–Crippen LogP) is 2.01. The minimum atomic E-state index is -0.470. The van der Waals surface area contributed by atoms with Gasteiger partial charge in [-0.05, 0) is 19.9 Å². The predicted molar refractivity (Wildman–Crippen MR) is 56.4 cm³/mol. The lowest BCUT2D eigenvalue weighted by Crippen LogP contribution is -2.39. The average Bonchev–Trinajstić information content (AvgIpc) is 2.64. The van der Waals surface area contributed by atoms with Crippen LogP contribution in [-0.2, 0) is 15.1 Å². The molecule has 0 radical (unpaired) electrons. The molecule has 3 rings (SSSR count). The molecule has 1 aromatic rings. The standard InChI is InChI=1S/C12H13NO2/c1-8(14)13-10-7-5-4-6-9(10)11(2)12(13,3)15-11/h4-7H,1-3H3. The second-order valence-corrected chi connectivity index (χ2v) is 4.49. The van der Waals surface area contributed by atoms with E-state index in [0.717, 1.165) is 11.3 Å². The Bertz CT molecular complexity index is 470. The van der Waals surface area contributed by atoms with Gasteiger partial charge in [-0.25, -0.2) is 0 Å². The summed E-state index contributed by atoms with van der Waals surface area (Å²) in [6.07, 6.45) is 0. The van der Waals surface area contributed by atoms with Crippen LogP contribution in [0.2, 0.25) is 0 Å².